The van der Waals surface area contributed by atoms with Crippen molar-refractivity contribution in [3.8, 4) is 0 Å². The molecule has 2 aromatic carbocycles. The molecule has 6 nitrogen and oxygen atoms in total. The van der Waals surface area contributed by atoms with Crippen molar-refractivity contribution in [3.05, 3.63) is 80.2 Å². The van der Waals surface area contributed by atoms with E-state index in [1.165, 1.54) is 11.8 Å². The summed E-state index contributed by atoms with van der Waals surface area (Å²) in [4.78, 5) is 24.4. The molecule has 1 amide bonds. The normalized spacial score (nSPS) is 12.0. The van der Waals surface area contributed by atoms with E-state index in [0.717, 1.165) is 11.1 Å². The fourth-order valence-electron chi connectivity index (χ4n) is 2.77. The average Bonchev–Trinajstić information content (AvgIpc) is 3.07. The van der Waals surface area contributed by atoms with Crippen LogP contribution in [-0.4, -0.2) is 26.4 Å². The summed E-state index contributed by atoms with van der Waals surface area (Å²) in [6.07, 6.45) is 0.703. The first-order valence-electron chi connectivity index (χ1n) is 9.00. The Kier molecular flexibility index (Phi) is 7.41. The Morgan fingerprint density at radius 3 is 2.69 bits per heavy atom. The van der Waals surface area contributed by atoms with Crippen LogP contribution < -0.4 is 11.0 Å². The largest absolute Gasteiger partial charge is 0.349 e. The van der Waals surface area contributed by atoms with E-state index in [1.807, 2.05) is 43.3 Å². The maximum atomic E-state index is 12.3. The summed E-state index contributed by atoms with van der Waals surface area (Å²) in [7, 11) is 0. The molecule has 0 aliphatic heterocycles. The predicted octanol–water partition coefficient (Wildman–Crippen LogP) is 4.09. The zero-order valence-electron chi connectivity index (χ0n) is 15.7. The standard InChI is InChI=1S/C20H20Cl2N4O2S/c1-13(15-7-8-16(21)17(22)11-15)23-18(27)12-29-20-25-24-19(28)26(20)10-9-14-5-3-2-4-6-14/h2-8,11,13H,9-10,12H2,1H3,(H,23,27)(H,24,28)/t13-/m1/s1. The first kappa shape index (κ1) is 21.5. The molecule has 0 radical (unpaired) electrons. The minimum Gasteiger partial charge on any atom is -0.349 e. The molecular formula is C20H20Cl2N4O2S. The van der Waals surface area contributed by atoms with Crippen molar-refractivity contribution in [1.82, 2.24) is 20.1 Å². The third kappa shape index (κ3) is 5.88. The van der Waals surface area contributed by atoms with Gasteiger partial charge in [0, 0.05) is 6.54 Å². The predicted molar refractivity (Wildman–Crippen MR) is 117 cm³/mol. The van der Waals surface area contributed by atoms with Crippen LogP contribution in [0.1, 0.15) is 24.1 Å². The summed E-state index contributed by atoms with van der Waals surface area (Å²) in [5.74, 6) is -0.0278. The second kappa shape index (κ2) is 10.0. The average molecular weight is 451 g/mol. The number of carbonyl (C=O) groups is 1. The number of aryl methyl sites for hydroxylation is 1. The molecule has 0 aliphatic carbocycles. The summed E-state index contributed by atoms with van der Waals surface area (Å²) in [6.45, 7) is 2.36. The van der Waals surface area contributed by atoms with Crippen molar-refractivity contribution in [1.29, 1.82) is 0 Å². The smallest absolute Gasteiger partial charge is 0.343 e. The van der Waals surface area contributed by atoms with Gasteiger partial charge in [0.25, 0.3) is 0 Å². The van der Waals surface area contributed by atoms with Crippen molar-refractivity contribution in [2.45, 2.75) is 31.1 Å². The van der Waals surface area contributed by atoms with Crippen molar-refractivity contribution >= 4 is 40.9 Å². The lowest BCUT2D eigenvalue weighted by Crippen LogP contribution is -2.28. The van der Waals surface area contributed by atoms with E-state index >= 15 is 0 Å². The fraction of sp³-hybridized carbons (Fsp3) is 0.250. The van der Waals surface area contributed by atoms with Crippen molar-refractivity contribution in [2.75, 3.05) is 5.75 Å². The van der Waals surface area contributed by atoms with Crippen LogP contribution in [0.25, 0.3) is 0 Å². The van der Waals surface area contributed by atoms with Crippen LogP contribution in [0.5, 0.6) is 0 Å². The van der Waals surface area contributed by atoms with E-state index < -0.39 is 0 Å². The van der Waals surface area contributed by atoms with Gasteiger partial charge in [-0.2, -0.15) is 0 Å². The topological polar surface area (TPSA) is 79.8 Å². The molecule has 0 saturated heterocycles. The number of aromatic amines is 1. The minimum atomic E-state index is -0.284. The minimum absolute atomic E-state index is 0.140. The lowest BCUT2D eigenvalue weighted by atomic mass is 10.1. The van der Waals surface area contributed by atoms with Gasteiger partial charge in [-0.1, -0.05) is 71.4 Å². The molecule has 1 atom stereocenters. The van der Waals surface area contributed by atoms with Gasteiger partial charge in [0.15, 0.2) is 5.16 Å². The molecule has 0 unspecified atom stereocenters. The van der Waals surface area contributed by atoms with Crippen molar-refractivity contribution in [2.24, 2.45) is 0 Å². The van der Waals surface area contributed by atoms with Crippen LogP contribution in [0.15, 0.2) is 58.5 Å². The van der Waals surface area contributed by atoms with E-state index in [4.69, 9.17) is 23.2 Å². The summed E-state index contributed by atoms with van der Waals surface area (Å²) in [5, 5.41) is 10.8. The summed E-state index contributed by atoms with van der Waals surface area (Å²) in [5.41, 5.74) is 1.70. The number of benzene rings is 2. The highest BCUT2D eigenvalue weighted by molar-refractivity contribution is 7.99. The van der Waals surface area contributed by atoms with Gasteiger partial charge in [0.05, 0.1) is 21.8 Å². The van der Waals surface area contributed by atoms with Gasteiger partial charge < -0.3 is 5.32 Å². The number of halogens is 2. The highest BCUT2D eigenvalue weighted by atomic mass is 35.5. The van der Waals surface area contributed by atoms with E-state index in [0.29, 0.717) is 28.2 Å². The second-order valence-corrected chi connectivity index (χ2v) is 8.21. The highest BCUT2D eigenvalue weighted by Crippen LogP contribution is 2.25. The SMILES string of the molecule is C[C@@H](NC(=O)CSc1n[nH]c(=O)n1CCc1ccccc1)c1ccc(Cl)c(Cl)c1. The van der Waals surface area contributed by atoms with Gasteiger partial charge in [-0.15, -0.1) is 5.10 Å². The molecule has 0 fully saturated rings. The number of nitrogens with zero attached hydrogens (tertiary/aromatic N) is 2. The van der Waals surface area contributed by atoms with Crippen LogP contribution in [0.4, 0.5) is 0 Å². The van der Waals surface area contributed by atoms with E-state index in [9.17, 15) is 9.59 Å². The Morgan fingerprint density at radius 2 is 1.97 bits per heavy atom. The number of aromatic nitrogens is 3. The number of thioether (sulfide) groups is 1. The lowest BCUT2D eigenvalue weighted by Gasteiger charge is -2.15. The molecule has 0 aliphatic rings. The Hall–Kier alpha value is -2.22. The zero-order valence-corrected chi connectivity index (χ0v) is 18.0. The van der Waals surface area contributed by atoms with Crippen LogP contribution in [0.2, 0.25) is 10.0 Å². The number of rotatable bonds is 8. The van der Waals surface area contributed by atoms with Gasteiger partial charge in [0.1, 0.15) is 0 Å². The Bertz CT molecular complexity index is 1040. The first-order chi connectivity index (χ1) is 13.9. The lowest BCUT2D eigenvalue weighted by molar-refractivity contribution is -0.119. The molecule has 3 aromatic rings. The quantitative estimate of drug-likeness (QED) is 0.506. The fourth-order valence-corrected chi connectivity index (χ4v) is 3.86. The zero-order chi connectivity index (χ0) is 20.8. The highest BCUT2D eigenvalue weighted by Gasteiger charge is 2.14. The van der Waals surface area contributed by atoms with Crippen molar-refractivity contribution < 1.29 is 4.79 Å². The molecular weight excluding hydrogens is 431 g/mol. The molecule has 29 heavy (non-hydrogen) atoms. The Morgan fingerprint density at radius 1 is 1.21 bits per heavy atom. The van der Waals surface area contributed by atoms with Crippen LogP contribution in [-0.2, 0) is 17.8 Å². The molecule has 9 heteroatoms. The summed E-state index contributed by atoms with van der Waals surface area (Å²) in [6, 6.07) is 14.9. The molecule has 152 valence electrons. The molecule has 0 saturated carbocycles. The van der Waals surface area contributed by atoms with Crippen LogP contribution in [0, 0.1) is 0 Å². The number of carbonyl (C=O) groups excluding carboxylic acids is 1. The maximum absolute atomic E-state index is 12.3. The monoisotopic (exact) mass is 450 g/mol. The Labute approximate surface area is 182 Å². The first-order valence-corrected chi connectivity index (χ1v) is 10.7. The maximum Gasteiger partial charge on any atom is 0.343 e. The Balaban J connectivity index is 1.56. The van der Waals surface area contributed by atoms with Crippen molar-refractivity contribution in [3.63, 3.8) is 0 Å². The number of hydrogen-bond donors (Lipinski definition) is 2. The molecule has 0 spiro atoms. The van der Waals surface area contributed by atoms with Gasteiger partial charge in [0.2, 0.25) is 5.91 Å². The third-order valence-electron chi connectivity index (χ3n) is 4.34. The van der Waals surface area contributed by atoms with E-state index in [2.05, 4.69) is 15.5 Å². The van der Waals surface area contributed by atoms with E-state index in [1.54, 1.807) is 16.7 Å². The van der Waals surface area contributed by atoms with Gasteiger partial charge in [-0.05, 0) is 36.6 Å². The molecule has 2 N–H and O–H groups in total. The molecule has 1 aromatic heterocycles. The number of H-pyrrole nitrogens is 1. The summed E-state index contributed by atoms with van der Waals surface area (Å²) < 4.78 is 1.55. The van der Waals surface area contributed by atoms with Gasteiger partial charge in [-0.25, -0.2) is 9.89 Å². The number of amides is 1. The number of hydrogen-bond acceptors (Lipinski definition) is 4. The van der Waals surface area contributed by atoms with Gasteiger partial charge >= 0.3 is 5.69 Å². The molecule has 0 bridgehead atoms. The van der Waals surface area contributed by atoms with Gasteiger partial charge in [-0.3, -0.25) is 9.36 Å². The van der Waals surface area contributed by atoms with Crippen LogP contribution >= 0.6 is 35.0 Å². The summed E-state index contributed by atoms with van der Waals surface area (Å²) >= 11 is 13.2. The van der Waals surface area contributed by atoms with Crippen LogP contribution in [0.3, 0.4) is 0 Å². The second-order valence-electron chi connectivity index (χ2n) is 6.45. The molecule has 1 heterocycles. The molecule has 3 rings (SSSR count). The van der Waals surface area contributed by atoms with E-state index in [-0.39, 0.29) is 23.4 Å². The number of nitrogens with one attached hydrogen (secondary N) is 2. The third-order valence-corrected chi connectivity index (χ3v) is 6.06.